The summed E-state index contributed by atoms with van der Waals surface area (Å²) in [5, 5.41) is 3.53. The van der Waals surface area contributed by atoms with E-state index < -0.39 is 0 Å². The fourth-order valence-electron chi connectivity index (χ4n) is 2.71. The van der Waals surface area contributed by atoms with Crippen molar-refractivity contribution >= 4 is 0 Å². The fraction of sp³-hybridized carbons (Fsp3) is 0.750. The Morgan fingerprint density at radius 3 is 3.16 bits per heavy atom. The van der Waals surface area contributed by atoms with Crippen LogP contribution in [0.25, 0.3) is 0 Å². The summed E-state index contributed by atoms with van der Waals surface area (Å²) in [6.45, 7) is 7.61. The topological polar surface area (TPSA) is 26.2 Å². The smallest absolute Gasteiger partial charge is 0.0576 e. The van der Waals surface area contributed by atoms with Gasteiger partial charge in [-0.15, -0.1) is 0 Å². The lowest BCUT2D eigenvalue weighted by Crippen LogP contribution is -2.18. The third-order valence-corrected chi connectivity index (χ3v) is 3.94. The molecule has 0 radical (unpaired) electrons. The SMILES string of the molecule is CCCNC(C)c1ccn(CCCC2CCCO2)c1. The molecule has 2 atom stereocenters. The molecule has 0 saturated carbocycles. The van der Waals surface area contributed by atoms with E-state index in [0.717, 1.165) is 19.7 Å². The number of nitrogens with zero attached hydrogens (tertiary/aromatic N) is 1. The molecule has 1 fully saturated rings. The van der Waals surface area contributed by atoms with Gasteiger partial charge in [-0.3, -0.25) is 0 Å². The Hall–Kier alpha value is -0.800. The molecule has 3 heteroatoms. The van der Waals surface area contributed by atoms with E-state index in [0.29, 0.717) is 12.1 Å². The number of hydrogen-bond acceptors (Lipinski definition) is 2. The first-order valence-corrected chi connectivity index (χ1v) is 7.80. The molecule has 1 aromatic rings. The minimum atomic E-state index is 0.458. The second-order valence-electron chi connectivity index (χ2n) is 5.64. The zero-order valence-corrected chi connectivity index (χ0v) is 12.4. The predicted octanol–water partition coefficient (Wildman–Crippen LogP) is 3.51. The normalized spacial score (nSPS) is 20.8. The van der Waals surface area contributed by atoms with Gasteiger partial charge in [0.1, 0.15) is 0 Å². The van der Waals surface area contributed by atoms with Gasteiger partial charge in [-0.1, -0.05) is 6.92 Å². The monoisotopic (exact) mass is 264 g/mol. The molecular formula is C16H28N2O. The van der Waals surface area contributed by atoms with E-state index in [4.69, 9.17) is 4.74 Å². The zero-order chi connectivity index (χ0) is 13.5. The number of rotatable bonds is 8. The van der Waals surface area contributed by atoms with E-state index in [1.54, 1.807) is 0 Å². The molecule has 0 aromatic carbocycles. The van der Waals surface area contributed by atoms with Crippen LogP contribution in [-0.2, 0) is 11.3 Å². The van der Waals surface area contributed by atoms with E-state index in [-0.39, 0.29) is 0 Å². The van der Waals surface area contributed by atoms with Crippen molar-refractivity contribution in [1.29, 1.82) is 0 Å². The summed E-state index contributed by atoms with van der Waals surface area (Å²) in [6, 6.07) is 2.69. The molecule has 0 aliphatic carbocycles. The first-order valence-electron chi connectivity index (χ1n) is 7.80. The van der Waals surface area contributed by atoms with Gasteiger partial charge in [0, 0.05) is 31.6 Å². The summed E-state index contributed by atoms with van der Waals surface area (Å²) in [4.78, 5) is 0. The van der Waals surface area contributed by atoms with Crippen LogP contribution in [-0.4, -0.2) is 23.8 Å². The highest BCUT2D eigenvalue weighted by molar-refractivity contribution is 5.14. The number of hydrogen-bond donors (Lipinski definition) is 1. The van der Waals surface area contributed by atoms with Crippen molar-refractivity contribution in [2.75, 3.05) is 13.2 Å². The van der Waals surface area contributed by atoms with Crippen molar-refractivity contribution in [3.05, 3.63) is 24.0 Å². The van der Waals surface area contributed by atoms with Crippen LogP contribution in [0.2, 0.25) is 0 Å². The molecule has 108 valence electrons. The standard InChI is InChI=1S/C16H28N2O/c1-3-9-17-14(2)15-8-11-18(13-15)10-4-6-16-7-5-12-19-16/h8,11,13-14,16-17H,3-7,9-10,12H2,1-2H3. The van der Waals surface area contributed by atoms with E-state index in [1.165, 1.54) is 37.7 Å². The summed E-state index contributed by atoms with van der Waals surface area (Å²) in [7, 11) is 0. The van der Waals surface area contributed by atoms with Crippen LogP contribution in [0.15, 0.2) is 18.5 Å². The molecule has 0 bridgehead atoms. The largest absolute Gasteiger partial charge is 0.378 e. The number of aromatic nitrogens is 1. The first-order chi connectivity index (χ1) is 9.29. The highest BCUT2D eigenvalue weighted by Gasteiger charge is 2.14. The Labute approximate surface area is 117 Å². The minimum absolute atomic E-state index is 0.458. The molecule has 0 amide bonds. The molecule has 1 saturated heterocycles. The average molecular weight is 264 g/mol. The van der Waals surface area contributed by atoms with E-state index in [1.807, 2.05) is 0 Å². The van der Waals surface area contributed by atoms with Gasteiger partial charge in [-0.25, -0.2) is 0 Å². The van der Waals surface area contributed by atoms with Crippen molar-refractivity contribution in [1.82, 2.24) is 9.88 Å². The van der Waals surface area contributed by atoms with E-state index >= 15 is 0 Å². The van der Waals surface area contributed by atoms with Crippen molar-refractivity contribution in [2.45, 2.75) is 64.6 Å². The van der Waals surface area contributed by atoms with Crippen molar-refractivity contribution in [3.63, 3.8) is 0 Å². The quantitative estimate of drug-likeness (QED) is 0.777. The molecule has 1 aliphatic heterocycles. The third kappa shape index (κ3) is 4.66. The molecule has 19 heavy (non-hydrogen) atoms. The summed E-state index contributed by atoms with van der Waals surface area (Å²) in [6.07, 6.45) is 11.1. The molecule has 1 aromatic heterocycles. The van der Waals surface area contributed by atoms with Gasteiger partial charge < -0.3 is 14.6 Å². The van der Waals surface area contributed by atoms with Crippen molar-refractivity contribution in [3.8, 4) is 0 Å². The molecule has 2 rings (SSSR count). The predicted molar refractivity (Wildman–Crippen MR) is 79.3 cm³/mol. The lowest BCUT2D eigenvalue weighted by Gasteiger charge is -2.11. The summed E-state index contributed by atoms with van der Waals surface area (Å²) >= 11 is 0. The highest BCUT2D eigenvalue weighted by atomic mass is 16.5. The Morgan fingerprint density at radius 1 is 1.53 bits per heavy atom. The lowest BCUT2D eigenvalue weighted by molar-refractivity contribution is 0.101. The molecular weight excluding hydrogens is 236 g/mol. The second-order valence-corrected chi connectivity index (χ2v) is 5.64. The number of ether oxygens (including phenoxy) is 1. The number of nitrogens with one attached hydrogen (secondary N) is 1. The summed E-state index contributed by atoms with van der Waals surface area (Å²) in [5.41, 5.74) is 1.39. The van der Waals surface area contributed by atoms with E-state index in [9.17, 15) is 0 Å². The lowest BCUT2D eigenvalue weighted by atomic mass is 10.1. The van der Waals surface area contributed by atoms with Crippen LogP contribution in [0, 0.1) is 0 Å². The van der Waals surface area contributed by atoms with Gasteiger partial charge in [-0.2, -0.15) is 0 Å². The van der Waals surface area contributed by atoms with E-state index in [2.05, 4.69) is 42.2 Å². The van der Waals surface area contributed by atoms with Crippen LogP contribution in [0.3, 0.4) is 0 Å². The molecule has 2 unspecified atom stereocenters. The maximum Gasteiger partial charge on any atom is 0.0576 e. The van der Waals surface area contributed by atoms with Gasteiger partial charge in [-0.05, 0) is 57.2 Å². The Bertz CT molecular complexity index is 355. The Morgan fingerprint density at radius 2 is 2.42 bits per heavy atom. The van der Waals surface area contributed by atoms with Gasteiger partial charge in [0.25, 0.3) is 0 Å². The first kappa shape index (κ1) is 14.6. The molecule has 1 aliphatic rings. The summed E-state index contributed by atoms with van der Waals surface area (Å²) < 4.78 is 7.97. The van der Waals surface area contributed by atoms with Gasteiger partial charge in [0.15, 0.2) is 0 Å². The van der Waals surface area contributed by atoms with Crippen molar-refractivity contribution < 1.29 is 4.74 Å². The van der Waals surface area contributed by atoms with Crippen LogP contribution >= 0.6 is 0 Å². The fourth-order valence-corrected chi connectivity index (χ4v) is 2.71. The van der Waals surface area contributed by atoms with Gasteiger partial charge >= 0.3 is 0 Å². The van der Waals surface area contributed by atoms with Crippen LogP contribution < -0.4 is 5.32 Å². The maximum atomic E-state index is 5.66. The van der Waals surface area contributed by atoms with Gasteiger partial charge in [0.2, 0.25) is 0 Å². The third-order valence-electron chi connectivity index (χ3n) is 3.94. The Kier molecular flexibility index (Phi) is 5.93. The maximum absolute atomic E-state index is 5.66. The van der Waals surface area contributed by atoms with Crippen LogP contribution in [0.4, 0.5) is 0 Å². The van der Waals surface area contributed by atoms with Crippen molar-refractivity contribution in [2.24, 2.45) is 0 Å². The average Bonchev–Trinajstić information content (AvgIpc) is 3.07. The second kappa shape index (κ2) is 7.71. The molecule has 3 nitrogen and oxygen atoms in total. The Balaban J connectivity index is 1.70. The van der Waals surface area contributed by atoms with Crippen LogP contribution in [0.5, 0.6) is 0 Å². The number of aryl methyl sites for hydroxylation is 1. The van der Waals surface area contributed by atoms with Crippen LogP contribution in [0.1, 0.15) is 57.6 Å². The molecule has 2 heterocycles. The minimum Gasteiger partial charge on any atom is -0.378 e. The highest BCUT2D eigenvalue weighted by Crippen LogP contribution is 2.18. The zero-order valence-electron chi connectivity index (χ0n) is 12.4. The molecule has 0 spiro atoms. The van der Waals surface area contributed by atoms with Gasteiger partial charge in [0.05, 0.1) is 6.10 Å². The molecule has 1 N–H and O–H groups in total. The summed E-state index contributed by atoms with van der Waals surface area (Å²) in [5.74, 6) is 0.